The number of carbonyl (C=O) groups excluding carboxylic acids is 3. The van der Waals surface area contributed by atoms with Gasteiger partial charge in [0.15, 0.2) is 0 Å². The number of fused-ring (bicyclic) bond motifs is 2. The van der Waals surface area contributed by atoms with Gasteiger partial charge in [0.1, 0.15) is 11.5 Å². The fourth-order valence-electron chi connectivity index (χ4n) is 2.51. The zero-order chi connectivity index (χ0) is 19.0. The third kappa shape index (κ3) is 3.98. The largest absolute Gasteiger partial charge is 0.418 e. The van der Waals surface area contributed by atoms with Gasteiger partial charge in [0, 0.05) is 6.54 Å². The molecule has 2 bridgehead atoms. The van der Waals surface area contributed by atoms with Gasteiger partial charge in [0.25, 0.3) is 11.8 Å². The molecular weight excluding hydrogens is 358 g/mol. The van der Waals surface area contributed by atoms with Gasteiger partial charge in [-0.1, -0.05) is 0 Å². The number of hydroxylamine groups is 2. The van der Waals surface area contributed by atoms with Crippen LogP contribution in [0.5, 0.6) is 0 Å². The standard InChI is InChI=1S/C12H17N5O7S/c1-12(2,6-13)10(19)15-14-9(18)8-4-3-7-5-16(8)11(20)17(7)24-25(21,22)23/h7-8H,3-5H2,1-2H3,(H,14,18)(H,15,19)(H,21,22,23)/t7-,8-/m1/s1. The summed E-state index contributed by atoms with van der Waals surface area (Å²) in [5, 5.41) is 9.37. The predicted molar refractivity (Wildman–Crippen MR) is 79.1 cm³/mol. The average Bonchev–Trinajstić information content (AvgIpc) is 2.76. The Morgan fingerprint density at radius 1 is 1.36 bits per heavy atom. The van der Waals surface area contributed by atoms with E-state index in [1.807, 2.05) is 0 Å². The van der Waals surface area contributed by atoms with E-state index in [1.54, 1.807) is 6.07 Å². The van der Waals surface area contributed by atoms with Crippen molar-refractivity contribution >= 4 is 28.2 Å². The second-order valence-corrected chi connectivity index (χ2v) is 7.19. The maximum Gasteiger partial charge on any atom is 0.418 e. The highest BCUT2D eigenvalue weighted by molar-refractivity contribution is 7.80. The number of piperidine rings is 1. The summed E-state index contributed by atoms with van der Waals surface area (Å²) in [7, 11) is -4.87. The summed E-state index contributed by atoms with van der Waals surface area (Å²) in [4.78, 5) is 37.2. The minimum absolute atomic E-state index is 0.0318. The smallest absolute Gasteiger partial charge is 0.309 e. The van der Waals surface area contributed by atoms with E-state index in [0.29, 0.717) is 5.06 Å². The number of hydrogen-bond donors (Lipinski definition) is 3. The molecule has 0 saturated carbocycles. The van der Waals surface area contributed by atoms with E-state index in [4.69, 9.17) is 9.81 Å². The van der Waals surface area contributed by atoms with Gasteiger partial charge in [-0.15, -0.1) is 4.28 Å². The maximum atomic E-state index is 12.2. The highest BCUT2D eigenvalue weighted by atomic mass is 32.3. The molecule has 0 radical (unpaired) electrons. The van der Waals surface area contributed by atoms with Crippen molar-refractivity contribution in [1.29, 1.82) is 5.26 Å². The van der Waals surface area contributed by atoms with E-state index < -0.39 is 45.7 Å². The SMILES string of the molecule is CC(C)(C#N)C(=O)NNC(=O)[C@H]1CC[C@@H]2CN1C(=O)N2OS(=O)(=O)O. The lowest BCUT2D eigenvalue weighted by Gasteiger charge is -2.29. The van der Waals surface area contributed by atoms with Crippen molar-refractivity contribution in [2.24, 2.45) is 5.41 Å². The van der Waals surface area contributed by atoms with Crippen LogP contribution in [0.15, 0.2) is 0 Å². The second kappa shape index (κ2) is 6.47. The van der Waals surface area contributed by atoms with E-state index in [0.717, 1.165) is 4.90 Å². The lowest BCUT2D eigenvalue weighted by Crippen LogP contribution is -2.55. The Morgan fingerprint density at radius 3 is 2.56 bits per heavy atom. The van der Waals surface area contributed by atoms with Crippen LogP contribution in [0, 0.1) is 16.7 Å². The molecule has 25 heavy (non-hydrogen) atoms. The number of nitrogens with one attached hydrogen (secondary N) is 2. The van der Waals surface area contributed by atoms with Gasteiger partial charge >= 0.3 is 16.4 Å². The molecule has 2 aliphatic heterocycles. The molecule has 0 spiro atoms. The zero-order valence-electron chi connectivity index (χ0n) is 13.4. The zero-order valence-corrected chi connectivity index (χ0v) is 14.2. The lowest BCUT2D eigenvalue weighted by molar-refractivity contribution is -0.134. The molecule has 2 atom stereocenters. The first-order valence-electron chi connectivity index (χ1n) is 7.24. The van der Waals surface area contributed by atoms with Gasteiger partial charge in [-0.05, 0) is 26.7 Å². The molecule has 13 heteroatoms. The van der Waals surface area contributed by atoms with Gasteiger partial charge < -0.3 is 4.90 Å². The Morgan fingerprint density at radius 2 is 2.00 bits per heavy atom. The minimum atomic E-state index is -4.87. The van der Waals surface area contributed by atoms with Gasteiger partial charge in [0.2, 0.25) is 0 Å². The molecule has 0 aromatic rings. The Kier molecular flexibility index (Phi) is 4.89. The summed E-state index contributed by atoms with van der Waals surface area (Å²) in [6, 6.07) is -0.686. The molecule has 3 N–H and O–H groups in total. The highest BCUT2D eigenvalue weighted by Gasteiger charge is 2.49. The minimum Gasteiger partial charge on any atom is -0.309 e. The molecule has 138 valence electrons. The van der Waals surface area contributed by atoms with Crippen molar-refractivity contribution in [1.82, 2.24) is 20.8 Å². The summed E-state index contributed by atoms with van der Waals surface area (Å²) in [5.41, 5.74) is 2.91. The molecule has 2 rings (SSSR count). The summed E-state index contributed by atoms with van der Waals surface area (Å²) in [5.74, 6) is -1.41. The fourth-order valence-corrected chi connectivity index (χ4v) is 2.90. The van der Waals surface area contributed by atoms with Crippen LogP contribution < -0.4 is 10.9 Å². The van der Waals surface area contributed by atoms with Crippen LogP contribution in [0.4, 0.5) is 4.79 Å². The molecule has 0 aromatic carbocycles. The molecule has 0 aliphatic carbocycles. The predicted octanol–water partition coefficient (Wildman–Crippen LogP) is -1.31. The van der Waals surface area contributed by atoms with Crippen molar-refractivity contribution in [3.05, 3.63) is 0 Å². The molecular formula is C12H17N5O7S. The number of amides is 4. The Balaban J connectivity index is 2.01. The van der Waals surface area contributed by atoms with Crippen molar-refractivity contribution < 1.29 is 31.6 Å². The first-order valence-corrected chi connectivity index (χ1v) is 8.61. The van der Waals surface area contributed by atoms with Crippen molar-refractivity contribution in [3.8, 4) is 6.07 Å². The average molecular weight is 375 g/mol. The van der Waals surface area contributed by atoms with Gasteiger partial charge in [-0.2, -0.15) is 18.7 Å². The molecule has 4 amide bonds. The first kappa shape index (κ1) is 18.9. The van der Waals surface area contributed by atoms with Crippen LogP contribution in [0.1, 0.15) is 26.7 Å². The summed E-state index contributed by atoms with van der Waals surface area (Å²) in [6.07, 6.45) is 0.457. The topological polar surface area (TPSA) is 169 Å². The van der Waals surface area contributed by atoms with Crippen molar-refractivity contribution in [2.45, 2.75) is 38.8 Å². The van der Waals surface area contributed by atoms with Crippen LogP contribution in [-0.2, 0) is 24.3 Å². The van der Waals surface area contributed by atoms with Gasteiger partial charge in [-0.25, -0.2) is 4.79 Å². The number of nitrogens with zero attached hydrogens (tertiary/aromatic N) is 3. The number of hydrazine groups is 1. The molecule has 0 unspecified atom stereocenters. The molecule has 2 saturated heterocycles. The van der Waals surface area contributed by atoms with Crippen LogP contribution in [0.3, 0.4) is 0 Å². The quantitative estimate of drug-likeness (QED) is 0.401. The third-order valence-electron chi connectivity index (χ3n) is 3.95. The van der Waals surface area contributed by atoms with Crippen LogP contribution in [0.25, 0.3) is 0 Å². The monoisotopic (exact) mass is 375 g/mol. The number of urea groups is 1. The van der Waals surface area contributed by atoms with Crippen LogP contribution in [0.2, 0.25) is 0 Å². The fraction of sp³-hybridized carbons (Fsp3) is 0.667. The summed E-state index contributed by atoms with van der Waals surface area (Å²) in [6.45, 7) is 2.77. The summed E-state index contributed by atoms with van der Waals surface area (Å²) < 4.78 is 34.6. The molecule has 12 nitrogen and oxygen atoms in total. The maximum absolute atomic E-state index is 12.2. The number of nitriles is 1. The summed E-state index contributed by atoms with van der Waals surface area (Å²) >= 11 is 0. The molecule has 2 fully saturated rings. The van der Waals surface area contributed by atoms with E-state index in [-0.39, 0.29) is 19.4 Å². The number of carbonyl (C=O) groups is 3. The first-order chi connectivity index (χ1) is 11.5. The van der Waals surface area contributed by atoms with E-state index in [1.165, 1.54) is 13.8 Å². The van der Waals surface area contributed by atoms with Crippen molar-refractivity contribution in [3.63, 3.8) is 0 Å². The van der Waals surface area contributed by atoms with E-state index >= 15 is 0 Å². The normalized spacial score (nSPS) is 23.2. The molecule has 0 aromatic heterocycles. The van der Waals surface area contributed by atoms with E-state index in [9.17, 15) is 22.8 Å². The molecule has 2 heterocycles. The Bertz CT molecular complexity index is 743. The highest BCUT2D eigenvalue weighted by Crippen LogP contribution is 2.30. The van der Waals surface area contributed by atoms with Crippen LogP contribution >= 0.6 is 0 Å². The molecule has 2 aliphatic rings. The number of rotatable bonds is 4. The Hall–Kier alpha value is -2.43. The van der Waals surface area contributed by atoms with Crippen LogP contribution in [-0.4, -0.2) is 59.4 Å². The Labute approximate surface area is 143 Å². The van der Waals surface area contributed by atoms with E-state index in [2.05, 4.69) is 15.1 Å². The second-order valence-electron chi connectivity index (χ2n) is 6.19. The van der Waals surface area contributed by atoms with Crippen molar-refractivity contribution in [2.75, 3.05) is 6.54 Å². The third-order valence-corrected chi connectivity index (χ3v) is 4.30. The number of hydrogen-bond acceptors (Lipinski definition) is 7. The van der Waals surface area contributed by atoms with Gasteiger partial charge in [0.05, 0.1) is 12.1 Å². The van der Waals surface area contributed by atoms with Gasteiger partial charge in [-0.3, -0.25) is 25.0 Å². The lowest BCUT2D eigenvalue weighted by atomic mass is 9.95.